The number of thiazole rings is 1. The van der Waals surface area contributed by atoms with Gasteiger partial charge in [-0.05, 0) is 22.0 Å². The molecule has 0 aliphatic rings. The molecule has 1 heterocycles. The molecule has 0 fully saturated rings. The van der Waals surface area contributed by atoms with Crippen LogP contribution in [0.5, 0.6) is 0 Å². The lowest BCUT2D eigenvalue weighted by Crippen LogP contribution is -2.00. The molecule has 0 saturated heterocycles. The minimum Gasteiger partial charge on any atom is -0.378 e. The quantitative estimate of drug-likeness (QED) is 0.544. The SMILES string of the molecule is Fc1c(Cl)cc(Br)c(NCc2cnc(Cl)s2)c1Cl. The van der Waals surface area contributed by atoms with E-state index in [2.05, 4.69) is 26.2 Å². The molecule has 0 radical (unpaired) electrons. The van der Waals surface area contributed by atoms with Gasteiger partial charge in [-0.1, -0.05) is 34.8 Å². The number of hydrogen-bond acceptors (Lipinski definition) is 3. The fraction of sp³-hybridized carbons (Fsp3) is 0.100. The molecule has 2 nitrogen and oxygen atoms in total. The molecule has 2 aromatic rings. The van der Waals surface area contributed by atoms with Crippen molar-refractivity contribution in [1.29, 1.82) is 0 Å². The molecule has 0 spiro atoms. The van der Waals surface area contributed by atoms with Crippen LogP contribution in [0.25, 0.3) is 0 Å². The van der Waals surface area contributed by atoms with E-state index >= 15 is 0 Å². The van der Waals surface area contributed by atoms with Crippen LogP contribution < -0.4 is 5.32 Å². The van der Waals surface area contributed by atoms with Gasteiger partial charge in [-0.2, -0.15) is 0 Å². The molecule has 0 unspecified atom stereocenters. The van der Waals surface area contributed by atoms with Crippen molar-refractivity contribution in [2.45, 2.75) is 6.54 Å². The number of halogens is 5. The van der Waals surface area contributed by atoms with Gasteiger partial charge in [0.05, 0.1) is 17.3 Å². The maximum absolute atomic E-state index is 13.5. The molecule has 0 bridgehead atoms. The Kier molecular flexibility index (Phi) is 4.72. The second kappa shape index (κ2) is 5.92. The summed E-state index contributed by atoms with van der Waals surface area (Å²) in [6, 6.07) is 1.45. The van der Waals surface area contributed by atoms with Gasteiger partial charge in [0.25, 0.3) is 0 Å². The van der Waals surface area contributed by atoms with Crippen LogP contribution in [0, 0.1) is 5.82 Å². The molecule has 0 atom stereocenters. The first-order valence-corrected chi connectivity index (χ1v) is 7.40. The fourth-order valence-electron chi connectivity index (χ4n) is 1.27. The van der Waals surface area contributed by atoms with E-state index in [-0.39, 0.29) is 10.0 Å². The first-order valence-electron chi connectivity index (χ1n) is 4.66. The minimum atomic E-state index is -0.647. The summed E-state index contributed by atoms with van der Waals surface area (Å²) in [5.74, 6) is -0.647. The van der Waals surface area contributed by atoms with E-state index in [0.717, 1.165) is 4.88 Å². The molecule has 0 aliphatic heterocycles. The third-order valence-electron chi connectivity index (χ3n) is 2.08. The van der Waals surface area contributed by atoms with Crippen LogP contribution in [-0.4, -0.2) is 4.98 Å². The minimum absolute atomic E-state index is 0.0294. The third kappa shape index (κ3) is 3.08. The average Bonchev–Trinajstić information content (AvgIpc) is 2.72. The van der Waals surface area contributed by atoms with Crippen molar-refractivity contribution in [2.75, 3.05) is 5.32 Å². The monoisotopic (exact) mass is 388 g/mol. The molecule has 0 saturated carbocycles. The molecule has 8 heteroatoms. The highest BCUT2D eigenvalue weighted by atomic mass is 79.9. The van der Waals surface area contributed by atoms with E-state index in [1.165, 1.54) is 17.4 Å². The summed E-state index contributed by atoms with van der Waals surface area (Å²) in [6.07, 6.45) is 1.65. The zero-order valence-electron chi connectivity index (χ0n) is 8.61. The molecule has 1 aromatic carbocycles. The number of hydrogen-bond donors (Lipinski definition) is 1. The van der Waals surface area contributed by atoms with Crippen LogP contribution in [0.1, 0.15) is 4.88 Å². The van der Waals surface area contributed by atoms with Crippen LogP contribution in [0.15, 0.2) is 16.7 Å². The summed E-state index contributed by atoms with van der Waals surface area (Å²) in [6.45, 7) is 0.448. The van der Waals surface area contributed by atoms with Gasteiger partial charge in [0, 0.05) is 15.5 Å². The van der Waals surface area contributed by atoms with E-state index < -0.39 is 5.82 Å². The molecule has 0 aliphatic carbocycles. The number of rotatable bonds is 3. The second-order valence-corrected chi connectivity index (χ2v) is 6.61. The Bertz CT molecular complexity index is 591. The molecular formula is C10H5BrCl3FN2S. The first-order chi connectivity index (χ1) is 8.49. The number of anilines is 1. The topological polar surface area (TPSA) is 24.9 Å². The lowest BCUT2D eigenvalue weighted by Gasteiger charge is -2.11. The average molecular weight is 390 g/mol. The van der Waals surface area contributed by atoms with E-state index in [4.69, 9.17) is 34.8 Å². The highest BCUT2D eigenvalue weighted by Crippen LogP contribution is 2.37. The molecule has 2 rings (SSSR count). The summed E-state index contributed by atoms with van der Waals surface area (Å²) in [5, 5.41) is 2.93. The van der Waals surface area contributed by atoms with Gasteiger partial charge < -0.3 is 5.32 Å². The Morgan fingerprint density at radius 1 is 1.39 bits per heavy atom. The van der Waals surface area contributed by atoms with Gasteiger partial charge in [0.1, 0.15) is 5.02 Å². The number of nitrogens with zero attached hydrogens (tertiary/aromatic N) is 1. The van der Waals surface area contributed by atoms with Gasteiger partial charge >= 0.3 is 0 Å². The van der Waals surface area contributed by atoms with E-state index in [1.807, 2.05) is 0 Å². The molecule has 96 valence electrons. The molecule has 1 aromatic heterocycles. The van der Waals surface area contributed by atoms with E-state index in [9.17, 15) is 4.39 Å². The number of aromatic nitrogens is 1. The molecule has 18 heavy (non-hydrogen) atoms. The maximum Gasteiger partial charge on any atom is 0.183 e. The summed E-state index contributed by atoms with van der Waals surface area (Å²) < 4.78 is 14.6. The van der Waals surface area contributed by atoms with Gasteiger partial charge in [-0.15, -0.1) is 11.3 Å². The maximum atomic E-state index is 13.5. The van der Waals surface area contributed by atoms with Crippen molar-refractivity contribution in [1.82, 2.24) is 4.98 Å². The van der Waals surface area contributed by atoms with Crippen LogP contribution >= 0.6 is 62.1 Å². The van der Waals surface area contributed by atoms with E-state index in [1.54, 1.807) is 6.20 Å². The smallest absolute Gasteiger partial charge is 0.183 e. The zero-order valence-corrected chi connectivity index (χ0v) is 13.3. The normalized spacial score (nSPS) is 10.7. The number of nitrogens with one attached hydrogen (secondary N) is 1. The van der Waals surface area contributed by atoms with Crippen molar-refractivity contribution < 1.29 is 4.39 Å². The Labute approximate surface area is 130 Å². The van der Waals surface area contributed by atoms with Gasteiger partial charge in [0.15, 0.2) is 10.3 Å². The van der Waals surface area contributed by atoms with Gasteiger partial charge in [0.2, 0.25) is 0 Å². The van der Waals surface area contributed by atoms with Crippen LogP contribution in [0.3, 0.4) is 0 Å². The van der Waals surface area contributed by atoms with E-state index in [0.29, 0.717) is 21.2 Å². The predicted molar refractivity (Wildman–Crippen MR) is 78.6 cm³/mol. The molecule has 1 N–H and O–H groups in total. The fourth-order valence-corrected chi connectivity index (χ4v) is 3.52. The lowest BCUT2D eigenvalue weighted by molar-refractivity contribution is 0.629. The van der Waals surface area contributed by atoms with Crippen LogP contribution in [0.2, 0.25) is 14.5 Å². The van der Waals surface area contributed by atoms with Gasteiger partial charge in [-0.25, -0.2) is 9.37 Å². The molecular weight excluding hydrogens is 385 g/mol. The van der Waals surface area contributed by atoms with Gasteiger partial charge in [-0.3, -0.25) is 0 Å². The highest BCUT2D eigenvalue weighted by molar-refractivity contribution is 9.10. The Morgan fingerprint density at radius 2 is 2.11 bits per heavy atom. The van der Waals surface area contributed by atoms with Crippen molar-refractivity contribution >= 4 is 67.8 Å². The largest absolute Gasteiger partial charge is 0.378 e. The summed E-state index contributed by atoms with van der Waals surface area (Å²) >= 11 is 21.9. The highest BCUT2D eigenvalue weighted by Gasteiger charge is 2.14. The second-order valence-electron chi connectivity index (χ2n) is 3.28. The van der Waals surface area contributed by atoms with Crippen molar-refractivity contribution in [2.24, 2.45) is 0 Å². The Balaban J connectivity index is 2.22. The predicted octanol–water partition coefficient (Wildman–Crippen LogP) is 5.62. The standard InChI is InChI=1S/C10H5BrCl3FN2S/c11-5-1-6(12)8(15)7(13)9(5)16-2-4-3-17-10(14)18-4/h1,3,16H,2H2. The summed E-state index contributed by atoms with van der Waals surface area (Å²) in [7, 11) is 0. The van der Waals surface area contributed by atoms with Crippen molar-refractivity contribution in [3.63, 3.8) is 0 Å². The van der Waals surface area contributed by atoms with Crippen molar-refractivity contribution in [3.05, 3.63) is 41.9 Å². The van der Waals surface area contributed by atoms with Crippen molar-refractivity contribution in [3.8, 4) is 0 Å². The van der Waals surface area contributed by atoms with Crippen LogP contribution in [-0.2, 0) is 6.54 Å². The Morgan fingerprint density at radius 3 is 2.72 bits per heavy atom. The molecule has 0 amide bonds. The zero-order chi connectivity index (χ0) is 13.3. The number of benzene rings is 1. The Hall–Kier alpha value is -0.0700. The van der Waals surface area contributed by atoms with Crippen LogP contribution in [0.4, 0.5) is 10.1 Å². The summed E-state index contributed by atoms with van der Waals surface area (Å²) in [5.41, 5.74) is 0.447. The summed E-state index contributed by atoms with van der Waals surface area (Å²) in [4.78, 5) is 4.82. The first kappa shape index (κ1) is 14.3. The lowest BCUT2D eigenvalue weighted by atomic mass is 10.3. The third-order valence-corrected chi connectivity index (χ3v) is 4.45.